The van der Waals surface area contributed by atoms with Gasteiger partial charge < -0.3 is 10.3 Å². The molecule has 0 aliphatic carbocycles. The van der Waals surface area contributed by atoms with Crippen molar-refractivity contribution in [3.63, 3.8) is 0 Å². The first-order chi connectivity index (χ1) is 9.61. The fourth-order valence-corrected chi connectivity index (χ4v) is 2.48. The van der Waals surface area contributed by atoms with Crippen LogP contribution in [-0.4, -0.2) is 25.2 Å². The Morgan fingerprint density at radius 3 is 2.24 bits per heavy atom. The summed E-state index contributed by atoms with van der Waals surface area (Å²) >= 11 is 0. The minimum Gasteiger partial charge on any atom is -0.328 e. The van der Waals surface area contributed by atoms with Gasteiger partial charge >= 0.3 is 5.69 Å². The van der Waals surface area contributed by atoms with E-state index in [1.807, 2.05) is 32.3 Å². The van der Waals surface area contributed by atoms with Crippen molar-refractivity contribution in [2.24, 2.45) is 19.8 Å². The largest absolute Gasteiger partial charge is 0.332 e. The van der Waals surface area contributed by atoms with E-state index in [0.717, 1.165) is 10.4 Å². The molecule has 0 aliphatic rings. The van der Waals surface area contributed by atoms with Crippen molar-refractivity contribution in [2.45, 2.75) is 39.2 Å². The van der Waals surface area contributed by atoms with Gasteiger partial charge in [0, 0.05) is 32.1 Å². The van der Waals surface area contributed by atoms with Crippen LogP contribution in [0.5, 0.6) is 0 Å². The molecule has 2 rings (SSSR count). The van der Waals surface area contributed by atoms with Crippen LogP contribution in [0.15, 0.2) is 9.59 Å². The SMILES string of the molecule is CC(CN)n1c(C(C)(C)C)nc2c1c(=O)n(C)c(=O)n2C. The summed E-state index contributed by atoms with van der Waals surface area (Å²) in [6, 6.07) is -0.0746. The van der Waals surface area contributed by atoms with E-state index >= 15 is 0 Å². The van der Waals surface area contributed by atoms with E-state index in [9.17, 15) is 9.59 Å². The van der Waals surface area contributed by atoms with Gasteiger partial charge in [-0.1, -0.05) is 20.8 Å². The molecule has 1 atom stereocenters. The molecule has 1 unspecified atom stereocenters. The number of hydrogen-bond donors (Lipinski definition) is 1. The van der Waals surface area contributed by atoms with Crippen LogP contribution in [0, 0.1) is 0 Å². The van der Waals surface area contributed by atoms with Crippen molar-refractivity contribution in [2.75, 3.05) is 6.54 Å². The summed E-state index contributed by atoms with van der Waals surface area (Å²) in [7, 11) is 3.10. The van der Waals surface area contributed by atoms with E-state index < -0.39 is 0 Å². The van der Waals surface area contributed by atoms with Crippen LogP contribution >= 0.6 is 0 Å². The highest BCUT2D eigenvalue weighted by molar-refractivity contribution is 5.71. The number of nitrogens with zero attached hydrogens (tertiary/aromatic N) is 4. The fraction of sp³-hybridized carbons (Fsp3) is 0.643. The highest BCUT2D eigenvalue weighted by Gasteiger charge is 2.28. The molecule has 21 heavy (non-hydrogen) atoms. The predicted molar refractivity (Wildman–Crippen MR) is 82.7 cm³/mol. The van der Waals surface area contributed by atoms with Gasteiger partial charge in [-0.25, -0.2) is 9.78 Å². The minimum absolute atomic E-state index is 0.0746. The first-order valence-electron chi connectivity index (χ1n) is 6.99. The molecule has 0 aromatic carbocycles. The lowest BCUT2D eigenvalue weighted by molar-refractivity contribution is 0.463. The lowest BCUT2D eigenvalue weighted by Gasteiger charge is -2.23. The maximum Gasteiger partial charge on any atom is 0.332 e. The van der Waals surface area contributed by atoms with Gasteiger partial charge in [-0.3, -0.25) is 13.9 Å². The van der Waals surface area contributed by atoms with Gasteiger partial charge in [-0.2, -0.15) is 0 Å². The van der Waals surface area contributed by atoms with Crippen LogP contribution in [0.1, 0.15) is 39.6 Å². The number of nitrogens with two attached hydrogens (primary N) is 1. The third-order valence-corrected chi connectivity index (χ3v) is 3.74. The lowest BCUT2D eigenvalue weighted by atomic mass is 9.95. The van der Waals surface area contributed by atoms with Crippen LogP contribution in [0.2, 0.25) is 0 Å². The molecule has 0 saturated carbocycles. The zero-order valence-electron chi connectivity index (χ0n) is 13.5. The highest BCUT2D eigenvalue weighted by Crippen LogP contribution is 2.27. The number of aromatic nitrogens is 4. The number of imidazole rings is 1. The lowest BCUT2D eigenvalue weighted by Crippen LogP contribution is -2.38. The molecule has 116 valence electrons. The number of rotatable bonds is 2. The Balaban J connectivity index is 3.09. The Labute approximate surface area is 123 Å². The van der Waals surface area contributed by atoms with E-state index in [1.54, 1.807) is 7.05 Å². The molecule has 2 heterocycles. The molecule has 2 N–H and O–H groups in total. The summed E-state index contributed by atoms with van der Waals surface area (Å²) in [6.45, 7) is 8.41. The molecule has 0 radical (unpaired) electrons. The molecular weight excluding hydrogens is 270 g/mol. The Morgan fingerprint density at radius 1 is 1.19 bits per heavy atom. The van der Waals surface area contributed by atoms with Crippen LogP contribution in [0.25, 0.3) is 11.2 Å². The Morgan fingerprint density at radius 2 is 1.76 bits per heavy atom. The van der Waals surface area contributed by atoms with Crippen molar-refractivity contribution in [3.05, 3.63) is 26.7 Å². The second kappa shape index (κ2) is 4.84. The molecule has 0 fully saturated rings. The molecule has 7 nitrogen and oxygen atoms in total. The standard InChI is InChI=1S/C14H23N5O2/c1-8(7-15)19-9-10(16-12(19)14(2,3)4)17(5)13(21)18(6)11(9)20/h8H,7,15H2,1-6H3. The number of aryl methyl sites for hydroxylation is 1. The summed E-state index contributed by atoms with van der Waals surface area (Å²) in [5, 5.41) is 0. The van der Waals surface area contributed by atoms with Gasteiger partial charge in [0.05, 0.1) is 0 Å². The van der Waals surface area contributed by atoms with E-state index in [4.69, 9.17) is 5.73 Å². The molecule has 0 aliphatic heterocycles. The normalized spacial score (nSPS) is 13.9. The van der Waals surface area contributed by atoms with Crippen molar-refractivity contribution in [3.8, 4) is 0 Å². The summed E-state index contributed by atoms with van der Waals surface area (Å²) in [6.07, 6.45) is 0. The summed E-state index contributed by atoms with van der Waals surface area (Å²) in [4.78, 5) is 29.2. The monoisotopic (exact) mass is 293 g/mol. The zero-order valence-corrected chi connectivity index (χ0v) is 13.5. The first kappa shape index (κ1) is 15.5. The van der Waals surface area contributed by atoms with Gasteiger partial charge in [0.15, 0.2) is 11.2 Å². The minimum atomic E-state index is -0.377. The Hall–Kier alpha value is -1.89. The number of hydrogen-bond acceptors (Lipinski definition) is 4. The molecule has 2 aromatic heterocycles. The van der Waals surface area contributed by atoms with Crippen LogP contribution < -0.4 is 17.0 Å². The van der Waals surface area contributed by atoms with Crippen LogP contribution in [0.3, 0.4) is 0 Å². The molecule has 2 aromatic rings. The smallest absolute Gasteiger partial charge is 0.328 e. The second-order valence-electron chi connectivity index (χ2n) is 6.52. The topological polar surface area (TPSA) is 87.8 Å². The molecule has 0 bridgehead atoms. The Kier molecular flexibility index (Phi) is 3.57. The summed E-state index contributed by atoms with van der Waals surface area (Å²) < 4.78 is 4.39. The quantitative estimate of drug-likeness (QED) is 0.860. The average molecular weight is 293 g/mol. The van der Waals surface area contributed by atoms with E-state index in [-0.39, 0.29) is 22.7 Å². The van der Waals surface area contributed by atoms with Crippen molar-refractivity contribution in [1.29, 1.82) is 0 Å². The fourth-order valence-electron chi connectivity index (χ4n) is 2.48. The van der Waals surface area contributed by atoms with E-state index in [2.05, 4.69) is 4.98 Å². The van der Waals surface area contributed by atoms with Gasteiger partial charge in [0.1, 0.15) is 5.82 Å². The van der Waals surface area contributed by atoms with E-state index in [1.165, 1.54) is 11.6 Å². The van der Waals surface area contributed by atoms with Gasteiger partial charge in [-0.05, 0) is 6.92 Å². The third kappa shape index (κ3) is 2.21. The van der Waals surface area contributed by atoms with Crippen molar-refractivity contribution < 1.29 is 0 Å². The van der Waals surface area contributed by atoms with Gasteiger partial charge in [0.25, 0.3) is 5.56 Å². The summed E-state index contributed by atoms with van der Waals surface area (Å²) in [5.41, 5.74) is 5.67. The second-order valence-corrected chi connectivity index (χ2v) is 6.52. The molecule has 0 saturated heterocycles. The predicted octanol–water partition coefficient (Wildman–Crippen LogP) is 0.251. The average Bonchev–Trinajstić information content (AvgIpc) is 2.82. The zero-order chi connectivity index (χ0) is 16.1. The van der Waals surface area contributed by atoms with Gasteiger partial charge in [-0.15, -0.1) is 0 Å². The van der Waals surface area contributed by atoms with Crippen LogP contribution in [-0.2, 0) is 19.5 Å². The number of fused-ring (bicyclic) bond motifs is 1. The molecule has 0 amide bonds. The summed E-state index contributed by atoms with van der Waals surface area (Å²) in [5.74, 6) is 0.758. The Bertz CT molecular complexity index is 804. The van der Waals surface area contributed by atoms with Gasteiger partial charge in [0.2, 0.25) is 0 Å². The maximum absolute atomic E-state index is 12.5. The molecular formula is C14H23N5O2. The highest BCUT2D eigenvalue weighted by atomic mass is 16.2. The van der Waals surface area contributed by atoms with E-state index in [0.29, 0.717) is 17.7 Å². The maximum atomic E-state index is 12.5. The van der Waals surface area contributed by atoms with Crippen molar-refractivity contribution in [1.82, 2.24) is 18.7 Å². The third-order valence-electron chi connectivity index (χ3n) is 3.74. The first-order valence-corrected chi connectivity index (χ1v) is 6.99. The molecule has 0 spiro atoms. The molecule has 7 heteroatoms. The van der Waals surface area contributed by atoms with Crippen LogP contribution in [0.4, 0.5) is 0 Å². The van der Waals surface area contributed by atoms with Crippen molar-refractivity contribution >= 4 is 11.2 Å².